The van der Waals surface area contributed by atoms with E-state index in [2.05, 4.69) is 15.5 Å². The second kappa shape index (κ2) is 9.09. The summed E-state index contributed by atoms with van der Waals surface area (Å²) in [6.45, 7) is 2.08. The first-order valence-corrected chi connectivity index (χ1v) is 11.7. The van der Waals surface area contributed by atoms with Crippen molar-refractivity contribution in [3.05, 3.63) is 54.4 Å². The Morgan fingerprint density at radius 2 is 2.00 bits per heavy atom. The van der Waals surface area contributed by atoms with Crippen molar-refractivity contribution >= 4 is 21.6 Å². The van der Waals surface area contributed by atoms with Gasteiger partial charge in [-0.15, -0.1) is 0 Å². The summed E-state index contributed by atoms with van der Waals surface area (Å²) in [5.74, 6) is 1.14. The van der Waals surface area contributed by atoms with Crippen molar-refractivity contribution in [2.75, 3.05) is 25.5 Å². The molecule has 0 spiro atoms. The van der Waals surface area contributed by atoms with Crippen LogP contribution in [0.2, 0.25) is 0 Å². The number of anilines is 1. The van der Waals surface area contributed by atoms with Gasteiger partial charge in [-0.3, -0.25) is 4.79 Å². The number of aromatic nitrogens is 2. The monoisotopic (exact) mass is 456 g/mol. The second-order valence-corrected chi connectivity index (χ2v) is 9.53. The van der Waals surface area contributed by atoms with Gasteiger partial charge in [-0.2, -0.15) is 9.29 Å². The van der Waals surface area contributed by atoms with Crippen molar-refractivity contribution in [1.29, 1.82) is 0 Å². The molecular weight excluding hydrogens is 432 g/mol. The first-order chi connectivity index (χ1) is 15.4. The van der Waals surface area contributed by atoms with Crippen LogP contribution in [0.4, 0.5) is 5.69 Å². The molecule has 2 aromatic carbocycles. The molecule has 10 heteroatoms. The molecule has 1 aliphatic rings. The Kier molecular flexibility index (Phi) is 6.24. The minimum Gasteiger partial charge on any atom is -0.497 e. The largest absolute Gasteiger partial charge is 0.497 e. The number of rotatable bonds is 6. The summed E-state index contributed by atoms with van der Waals surface area (Å²) in [5.41, 5.74) is 1.31. The number of methoxy groups -OCH3 is 1. The summed E-state index contributed by atoms with van der Waals surface area (Å²) in [6.07, 6.45) is 1.44. The van der Waals surface area contributed by atoms with E-state index in [-0.39, 0.29) is 23.3 Å². The van der Waals surface area contributed by atoms with Gasteiger partial charge in [0.1, 0.15) is 5.75 Å². The van der Waals surface area contributed by atoms with Gasteiger partial charge in [-0.25, -0.2) is 8.42 Å². The molecule has 1 saturated heterocycles. The average molecular weight is 457 g/mol. The number of ether oxygens (including phenoxy) is 1. The lowest BCUT2D eigenvalue weighted by Crippen LogP contribution is -2.39. The molecule has 0 bridgehead atoms. The second-order valence-electron chi connectivity index (χ2n) is 7.60. The number of nitrogens with one attached hydrogen (secondary N) is 1. The average Bonchev–Trinajstić information content (AvgIpc) is 3.30. The van der Waals surface area contributed by atoms with E-state index in [9.17, 15) is 13.2 Å². The van der Waals surface area contributed by atoms with Crippen molar-refractivity contribution in [1.82, 2.24) is 14.4 Å². The van der Waals surface area contributed by atoms with Gasteiger partial charge in [-0.05, 0) is 49.2 Å². The molecule has 4 rings (SSSR count). The Morgan fingerprint density at radius 1 is 1.22 bits per heavy atom. The minimum absolute atomic E-state index is 0.176. The Hall–Kier alpha value is -3.24. The van der Waals surface area contributed by atoms with E-state index in [4.69, 9.17) is 9.26 Å². The summed E-state index contributed by atoms with van der Waals surface area (Å²) in [4.78, 5) is 15.9. The van der Waals surface area contributed by atoms with Gasteiger partial charge in [0.15, 0.2) is 0 Å². The summed E-state index contributed by atoms with van der Waals surface area (Å²) < 4.78 is 38.5. The molecule has 2 heterocycles. The summed E-state index contributed by atoms with van der Waals surface area (Å²) in [5, 5.41) is 6.70. The molecule has 32 heavy (non-hydrogen) atoms. The van der Waals surface area contributed by atoms with Crippen LogP contribution in [0.1, 0.15) is 31.6 Å². The Labute approximate surface area is 186 Å². The number of nitrogens with zero attached hydrogens (tertiary/aromatic N) is 3. The molecule has 1 atom stereocenters. The molecular formula is C22H24N4O5S. The number of amides is 1. The van der Waals surface area contributed by atoms with Crippen LogP contribution >= 0.6 is 0 Å². The van der Waals surface area contributed by atoms with Crippen LogP contribution in [0.25, 0.3) is 11.4 Å². The first kappa shape index (κ1) is 22.0. The molecule has 0 saturated carbocycles. The molecule has 3 aromatic rings. The third kappa shape index (κ3) is 4.66. The highest BCUT2D eigenvalue weighted by atomic mass is 32.2. The van der Waals surface area contributed by atoms with Gasteiger partial charge in [0, 0.05) is 31.3 Å². The number of piperidine rings is 1. The number of sulfonamides is 1. The fraction of sp³-hybridized carbons (Fsp3) is 0.318. The van der Waals surface area contributed by atoms with E-state index in [1.54, 1.807) is 19.2 Å². The van der Waals surface area contributed by atoms with Gasteiger partial charge in [0.25, 0.3) is 0 Å². The van der Waals surface area contributed by atoms with Crippen LogP contribution < -0.4 is 10.1 Å². The van der Waals surface area contributed by atoms with Crippen LogP contribution in [-0.4, -0.2) is 49.0 Å². The topological polar surface area (TPSA) is 115 Å². The summed E-state index contributed by atoms with van der Waals surface area (Å²) >= 11 is 0. The van der Waals surface area contributed by atoms with E-state index in [0.29, 0.717) is 36.1 Å². The van der Waals surface area contributed by atoms with Crippen molar-refractivity contribution in [2.45, 2.75) is 30.6 Å². The lowest BCUT2D eigenvalue weighted by atomic mass is 10.00. The molecule has 0 unspecified atom stereocenters. The van der Waals surface area contributed by atoms with Crippen molar-refractivity contribution < 1.29 is 22.5 Å². The number of hydrogen-bond acceptors (Lipinski definition) is 7. The zero-order chi connectivity index (χ0) is 22.7. The number of carbonyl (C=O) groups excluding carboxylic acids is 1. The van der Waals surface area contributed by atoms with E-state index >= 15 is 0 Å². The zero-order valence-electron chi connectivity index (χ0n) is 17.8. The highest BCUT2D eigenvalue weighted by molar-refractivity contribution is 7.89. The maximum atomic E-state index is 13.2. The number of benzene rings is 2. The molecule has 0 aliphatic carbocycles. The third-order valence-corrected chi connectivity index (χ3v) is 7.19. The Morgan fingerprint density at radius 3 is 2.72 bits per heavy atom. The summed E-state index contributed by atoms with van der Waals surface area (Å²) in [7, 11) is -2.10. The standard InChI is InChI=1S/C22H24N4O5S/c1-15(27)23-18-8-10-20(11-9-18)32(28,29)26-12-4-6-17(14-26)22-24-21(25-31-22)16-5-3-7-19(13-16)30-2/h3,5,7-11,13,17H,4,6,12,14H2,1-2H3,(H,23,27)/t17-/m1/s1. The highest BCUT2D eigenvalue weighted by Crippen LogP contribution is 2.31. The normalized spacial score (nSPS) is 17.1. The van der Waals surface area contributed by atoms with Crippen LogP contribution in [0.15, 0.2) is 57.9 Å². The van der Waals surface area contributed by atoms with Crippen LogP contribution in [-0.2, 0) is 14.8 Å². The highest BCUT2D eigenvalue weighted by Gasteiger charge is 2.33. The lowest BCUT2D eigenvalue weighted by Gasteiger charge is -2.30. The molecule has 1 N–H and O–H groups in total. The van der Waals surface area contributed by atoms with E-state index in [1.165, 1.54) is 23.4 Å². The molecule has 1 aromatic heterocycles. The molecule has 0 radical (unpaired) electrons. The SMILES string of the molecule is COc1cccc(-c2noc([C@@H]3CCCN(S(=O)(=O)c4ccc(NC(C)=O)cc4)C3)n2)c1. The van der Waals surface area contributed by atoms with Crippen molar-refractivity contribution in [3.63, 3.8) is 0 Å². The maximum absolute atomic E-state index is 13.2. The number of carbonyl (C=O) groups is 1. The van der Waals surface area contributed by atoms with E-state index < -0.39 is 10.0 Å². The van der Waals surface area contributed by atoms with Gasteiger partial charge < -0.3 is 14.6 Å². The molecule has 1 amide bonds. The predicted octanol–water partition coefficient (Wildman–Crippen LogP) is 3.27. The fourth-order valence-electron chi connectivity index (χ4n) is 3.71. The first-order valence-electron chi connectivity index (χ1n) is 10.2. The van der Waals surface area contributed by atoms with Crippen molar-refractivity contribution in [2.24, 2.45) is 0 Å². The van der Waals surface area contributed by atoms with E-state index in [1.807, 2.05) is 24.3 Å². The predicted molar refractivity (Wildman–Crippen MR) is 118 cm³/mol. The Balaban J connectivity index is 1.51. The summed E-state index contributed by atoms with van der Waals surface area (Å²) in [6, 6.07) is 13.5. The van der Waals surface area contributed by atoms with Crippen LogP contribution in [0.3, 0.4) is 0 Å². The van der Waals surface area contributed by atoms with Crippen LogP contribution in [0, 0.1) is 0 Å². The Bertz CT molecular complexity index is 1210. The number of hydrogen-bond donors (Lipinski definition) is 1. The molecule has 1 aliphatic heterocycles. The van der Waals surface area contributed by atoms with E-state index in [0.717, 1.165) is 12.0 Å². The molecule has 168 valence electrons. The van der Waals surface area contributed by atoms with Gasteiger partial charge >= 0.3 is 0 Å². The molecule has 1 fully saturated rings. The molecule has 9 nitrogen and oxygen atoms in total. The van der Waals surface area contributed by atoms with Gasteiger partial charge in [0.05, 0.1) is 17.9 Å². The smallest absolute Gasteiger partial charge is 0.243 e. The lowest BCUT2D eigenvalue weighted by molar-refractivity contribution is -0.114. The minimum atomic E-state index is -3.69. The maximum Gasteiger partial charge on any atom is 0.243 e. The quantitative estimate of drug-likeness (QED) is 0.605. The fourth-order valence-corrected chi connectivity index (χ4v) is 5.23. The van der Waals surface area contributed by atoms with Gasteiger partial charge in [-0.1, -0.05) is 17.3 Å². The van der Waals surface area contributed by atoms with Crippen LogP contribution in [0.5, 0.6) is 5.75 Å². The van der Waals surface area contributed by atoms with Gasteiger partial charge in [0.2, 0.25) is 27.6 Å². The third-order valence-electron chi connectivity index (χ3n) is 5.32. The zero-order valence-corrected chi connectivity index (χ0v) is 18.6. The van der Waals surface area contributed by atoms with Crippen molar-refractivity contribution in [3.8, 4) is 17.1 Å².